The third-order valence-electron chi connectivity index (χ3n) is 2.69. The summed E-state index contributed by atoms with van der Waals surface area (Å²) in [5, 5.41) is 3.64. The van der Waals surface area contributed by atoms with E-state index in [4.69, 9.17) is 10.6 Å². The zero-order valence-electron chi connectivity index (χ0n) is 11.4. The van der Waals surface area contributed by atoms with Crippen molar-refractivity contribution in [2.75, 3.05) is 25.6 Å². The van der Waals surface area contributed by atoms with Gasteiger partial charge in [-0.3, -0.25) is 4.84 Å². The van der Waals surface area contributed by atoms with Gasteiger partial charge in [0.2, 0.25) is 0 Å². The number of nitrogens with two attached hydrogens (primary N) is 1. The number of hydrogen-bond donors (Lipinski definition) is 1. The molecule has 1 heterocycles. The van der Waals surface area contributed by atoms with Gasteiger partial charge in [-0.05, 0) is 5.56 Å². The van der Waals surface area contributed by atoms with Crippen molar-refractivity contribution in [1.82, 2.24) is 4.90 Å². The minimum atomic E-state index is -0.552. The smallest absolute Gasteiger partial charge is 0.380 e. The highest BCUT2D eigenvalue weighted by Crippen LogP contribution is 2.45. The first-order valence-corrected chi connectivity index (χ1v) is 8.23. The van der Waals surface area contributed by atoms with Crippen molar-refractivity contribution in [2.45, 2.75) is 4.58 Å². The molecule has 1 saturated heterocycles. The Morgan fingerprint density at radius 1 is 1.30 bits per heavy atom. The lowest BCUT2D eigenvalue weighted by Crippen LogP contribution is -2.23. The fraction of sp³-hybridized carbons (Fsp3) is 0.385. The maximum Gasteiger partial charge on any atom is 0.435 e. The Bertz CT molecular complexity index is 497. The first-order valence-electron chi connectivity index (χ1n) is 6.13. The second-order valence-corrected chi connectivity index (χ2v) is 7.15. The van der Waals surface area contributed by atoms with E-state index in [1.165, 1.54) is 22.0 Å². The van der Waals surface area contributed by atoms with Crippen LogP contribution in [0.4, 0.5) is 4.79 Å². The molecule has 5 nitrogen and oxygen atoms in total. The lowest BCUT2D eigenvalue weighted by atomic mass is 10.1. The van der Waals surface area contributed by atoms with Crippen LogP contribution in [-0.4, -0.2) is 42.4 Å². The fourth-order valence-electron chi connectivity index (χ4n) is 1.58. The molecule has 0 radical (unpaired) electrons. The summed E-state index contributed by atoms with van der Waals surface area (Å²) in [4.78, 5) is 17.2. The van der Waals surface area contributed by atoms with Gasteiger partial charge in [-0.25, -0.2) is 4.79 Å². The van der Waals surface area contributed by atoms with Gasteiger partial charge in [0.15, 0.2) is 5.84 Å². The highest BCUT2D eigenvalue weighted by Gasteiger charge is 2.18. The molecule has 1 aromatic carbocycles. The Morgan fingerprint density at radius 2 is 1.90 bits per heavy atom. The van der Waals surface area contributed by atoms with Crippen LogP contribution in [0.25, 0.3) is 0 Å². The largest absolute Gasteiger partial charge is 0.435 e. The topological polar surface area (TPSA) is 67.9 Å². The maximum absolute atomic E-state index is 11.2. The van der Waals surface area contributed by atoms with Crippen LogP contribution in [0.1, 0.15) is 15.7 Å². The summed E-state index contributed by atoms with van der Waals surface area (Å²) in [5.41, 5.74) is 7.81. The molecule has 0 saturated carbocycles. The van der Waals surface area contributed by atoms with Crippen molar-refractivity contribution in [1.29, 1.82) is 0 Å². The number of hydrogen-bond acceptors (Lipinski definition) is 5. The molecule has 1 aliphatic heterocycles. The van der Waals surface area contributed by atoms with Gasteiger partial charge in [-0.1, -0.05) is 29.4 Å². The van der Waals surface area contributed by atoms with Crippen molar-refractivity contribution in [2.24, 2.45) is 10.9 Å². The number of amides is 1. The number of rotatable bonds is 3. The molecule has 2 N–H and O–H groups in total. The van der Waals surface area contributed by atoms with E-state index in [2.05, 4.69) is 5.16 Å². The molecule has 0 spiro atoms. The van der Waals surface area contributed by atoms with Gasteiger partial charge in [-0.15, -0.1) is 23.5 Å². The molecule has 0 atom stereocenters. The van der Waals surface area contributed by atoms with E-state index in [1.807, 2.05) is 47.8 Å². The number of oxime groups is 1. The van der Waals surface area contributed by atoms with Crippen LogP contribution in [0.5, 0.6) is 0 Å². The summed E-state index contributed by atoms with van der Waals surface area (Å²) in [6.45, 7) is 0. The third kappa shape index (κ3) is 3.83. The number of carbonyl (C=O) groups is 1. The Balaban J connectivity index is 2.01. The highest BCUT2D eigenvalue weighted by molar-refractivity contribution is 8.19. The summed E-state index contributed by atoms with van der Waals surface area (Å²) in [6, 6.07) is 7.89. The molecular weight excluding hydrogens is 294 g/mol. The fourth-order valence-corrected chi connectivity index (χ4v) is 4.44. The van der Waals surface area contributed by atoms with Crippen LogP contribution in [-0.2, 0) is 4.84 Å². The molecule has 1 aromatic rings. The molecule has 7 heteroatoms. The van der Waals surface area contributed by atoms with Crippen LogP contribution >= 0.6 is 23.5 Å². The minimum absolute atomic E-state index is 0.193. The summed E-state index contributed by atoms with van der Waals surface area (Å²) >= 11 is 3.91. The zero-order chi connectivity index (χ0) is 14.5. The monoisotopic (exact) mass is 311 g/mol. The number of carbonyl (C=O) groups excluding carboxylic acids is 1. The molecular formula is C13H17N3O2S2. The average molecular weight is 311 g/mol. The van der Waals surface area contributed by atoms with E-state index in [1.54, 1.807) is 14.1 Å². The summed E-state index contributed by atoms with van der Waals surface area (Å²) in [7, 11) is 3.17. The third-order valence-corrected chi connectivity index (χ3v) is 5.79. The quantitative estimate of drug-likeness (QED) is 0.402. The standard InChI is InChI=1S/C13H17N3O2S2/c1-16(2)13(17)18-15-11(14)9-3-5-10(6-4-9)12-19-7-8-20-12/h3-6,12H,7-8H2,1-2H3,(H2,14,15). The first-order chi connectivity index (χ1) is 9.58. The van der Waals surface area contributed by atoms with Gasteiger partial charge in [0, 0.05) is 31.2 Å². The summed E-state index contributed by atoms with van der Waals surface area (Å²) in [6.07, 6.45) is -0.552. The number of amidine groups is 1. The number of nitrogens with zero attached hydrogens (tertiary/aromatic N) is 2. The van der Waals surface area contributed by atoms with Gasteiger partial charge < -0.3 is 10.6 Å². The van der Waals surface area contributed by atoms with Crippen LogP contribution in [0.2, 0.25) is 0 Å². The Morgan fingerprint density at radius 3 is 2.45 bits per heavy atom. The van der Waals surface area contributed by atoms with Crippen molar-refractivity contribution < 1.29 is 9.63 Å². The van der Waals surface area contributed by atoms with E-state index in [0.29, 0.717) is 4.58 Å². The molecule has 108 valence electrons. The highest BCUT2D eigenvalue weighted by atomic mass is 32.2. The van der Waals surface area contributed by atoms with Gasteiger partial charge in [0.05, 0.1) is 4.58 Å². The summed E-state index contributed by atoms with van der Waals surface area (Å²) in [5.74, 6) is 2.58. The predicted octanol–water partition coefficient (Wildman–Crippen LogP) is 2.48. The van der Waals surface area contributed by atoms with Crippen molar-refractivity contribution >= 4 is 35.5 Å². The lowest BCUT2D eigenvalue weighted by Gasteiger charge is -2.09. The van der Waals surface area contributed by atoms with Crippen LogP contribution in [0.3, 0.4) is 0 Å². The van der Waals surface area contributed by atoms with Crippen molar-refractivity contribution in [3.63, 3.8) is 0 Å². The first kappa shape index (κ1) is 15.1. The maximum atomic E-state index is 11.2. The molecule has 0 aliphatic carbocycles. The zero-order valence-corrected chi connectivity index (χ0v) is 13.0. The lowest BCUT2D eigenvalue weighted by molar-refractivity contribution is 0.122. The SMILES string of the molecule is CN(C)C(=O)ON=C(N)c1ccc(C2SCCS2)cc1. The van der Waals surface area contributed by atoms with Gasteiger partial charge in [0.25, 0.3) is 0 Å². The van der Waals surface area contributed by atoms with Crippen LogP contribution < -0.4 is 5.73 Å². The second kappa shape index (κ2) is 6.90. The van der Waals surface area contributed by atoms with Gasteiger partial charge in [0.1, 0.15) is 0 Å². The Labute approximate surface area is 126 Å². The normalized spacial score (nSPS) is 16.2. The predicted molar refractivity (Wildman–Crippen MR) is 85.0 cm³/mol. The number of benzene rings is 1. The minimum Gasteiger partial charge on any atom is -0.380 e. The van der Waals surface area contributed by atoms with E-state index in [0.717, 1.165) is 5.56 Å². The van der Waals surface area contributed by atoms with Crippen molar-refractivity contribution in [3.8, 4) is 0 Å². The second-order valence-electron chi connectivity index (χ2n) is 4.42. The molecule has 20 heavy (non-hydrogen) atoms. The van der Waals surface area contributed by atoms with E-state index < -0.39 is 6.09 Å². The Hall–Kier alpha value is -1.34. The molecule has 1 aliphatic rings. The van der Waals surface area contributed by atoms with E-state index in [9.17, 15) is 4.79 Å². The van der Waals surface area contributed by atoms with Crippen LogP contribution in [0.15, 0.2) is 29.4 Å². The molecule has 1 amide bonds. The van der Waals surface area contributed by atoms with E-state index in [-0.39, 0.29) is 5.84 Å². The number of thioether (sulfide) groups is 2. The summed E-state index contributed by atoms with van der Waals surface area (Å²) < 4.78 is 0.508. The van der Waals surface area contributed by atoms with Crippen LogP contribution in [0, 0.1) is 0 Å². The molecule has 0 unspecified atom stereocenters. The van der Waals surface area contributed by atoms with E-state index >= 15 is 0 Å². The van der Waals surface area contributed by atoms with Crippen molar-refractivity contribution in [3.05, 3.63) is 35.4 Å². The molecule has 0 aromatic heterocycles. The average Bonchev–Trinajstić information content (AvgIpc) is 2.98. The van der Waals surface area contributed by atoms with Gasteiger partial charge in [-0.2, -0.15) is 0 Å². The molecule has 0 bridgehead atoms. The molecule has 1 fully saturated rings. The Kier molecular flexibility index (Phi) is 5.19. The van der Waals surface area contributed by atoms with Gasteiger partial charge >= 0.3 is 6.09 Å². The molecule has 2 rings (SSSR count).